The molecule has 1 N–H and O–H groups in total. The third-order valence-electron chi connectivity index (χ3n) is 3.22. The lowest BCUT2D eigenvalue weighted by Gasteiger charge is -2.12. The van der Waals surface area contributed by atoms with Crippen LogP contribution in [-0.2, 0) is 9.53 Å². The van der Waals surface area contributed by atoms with Gasteiger partial charge >= 0.3 is 5.97 Å². The average molecular weight is 378 g/mol. The van der Waals surface area contributed by atoms with Crippen molar-refractivity contribution in [2.24, 2.45) is 0 Å². The summed E-state index contributed by atoms with van der Waals surface area (Å²) in [5.41, 5.74) is 0.797. The Kier molecular flexibility index (Phi) is 7.29. The van der Waals surface area contributed by atoms with Crippen molar-refractivity contribution in [1.82, 2.24) is 0 Å². The molecule has 138 valence electrons. The highest BCUT2D eigenvalue weighted by Crippen LogP contribution is 2.28. The van der Waals surface area contributed by atoms with Gasteiger partial charge in [0.25, 0.3) is 5.91 Å². The van der Waals surface area contributed by atoms with Crippen molar-refractivity contribution >= 4 is 29.2 Å². The molecule has 0 atom stereocenters. The number of amides is 1. The van der Waals surface area contributed by atoms with Gasteiger partial charge in [0, 0.05) is 10.7 Å². The van der Waals surface area contributed by atoms with Crippen LogP contribution in [0.3, 0.4) is 0 Å². The fourth-order valence-electron chi connectivity index (χ4n) is 2.16. The summed E-state index contributed by atoms with van der Waals surface area (Å²) in [5.74, 6) is -0.0939. The standard InChI is InChI=1S/C19H20ClNO5/c1-3-24-16-9-8-13(10-17(16)25-4-2)19(23)26-12-18(22)21-15-7-5-6-14(20)11-15/h5-11H,3-4,12H2,1-2H3,(H,21,22). The molecule has 0 fully saturated rings. The first kappa shape index (κ1) is 19.6. The molecule has 0 heterocycles. The first-order valence-electron chi connectivity index (χ1n) is 8.15. The number of rotatable bonds is 8. The number of anilines is 1. The first-order chi connectivity index (χ1) is 12.5. The molecule has 0 aliphatic carbocycles. The Morgan fingerprint density at radius 2 is 1.73 bits per heavy atom. The SMILES string of the molecule is CCOc1ccc(C(=O)OCC(=O)Nc2cccc(Cl)c2)cc1OCC. The molecule has 26 heavy (non-hydrogen) atoms. The van der Waals surface area contributed by atoms with Crippen LogP contribution in [0, 0.1) is 0 Å². The number of ether oxygens (including phenoxy) is 3. The molecule has 0 saturated carbocycles. The molecule has 1 amide bonds. The first-order valence-corrected chi connectivity index (χ1v) is 8.53. The van der Waals surface area contributed by atoms with Crippen molar-refractivity contribution in [1.29, 1.82) is 0 Å². The van der Waals surface area contributed by atoms with Gasteiger partial charge < -0.3 is 19.5 Å². The topological polar surface area (TPSA) is 73.9 Å². The molecule has 0 saturated heterocycles. The number of esters is 1. The van der Waals surface area contributed by atoms with Crippen molar-refractivity contribution < 1.29 is 23.8 Å². The van der Waals surface area contributed by atoms with Gasteiger partial charge in [-0.05, 0) is 50.2 Å². The lowest BCUT2D eigenvalue weighted by molar-refractivity contribution is -0.119. The maximum absolute atomic E-state index is 12.2. The molecule has 6 nitrogen and oxygen atoms in total. The van der Waals surface area contributed by atoms with Crippen LogP contribution in [0.2, 0.25) is 5.02 Å². The Bertz CT molecular complexity index is 778. The van der Waals surface area contributed by atoms with Gasteiger partial charge in [-0.15, -0.1) is 0 Å². The second-order valence-corrected chi connectivity index (χ2v) is 5.60. The predicted molar refractivity (Wildman–Crippen MR) is 99.1 cm³/mol. The molecule has 0 aromatic heterocycles. The molecule has 2 rings (SSSR count). The van der Waals surface area contributed by atoms with E-state index in [1.165, 1.54) is 6.07 Å². The number of nitrogens with one attached hydrogen (secondary N) is 1. The highest BCUT2D eigenvalue weighted by molar-refractivity contribution is 6.30. The molecule has 0 bridgehead atoms. The zero-order valence-corrected chi connectivity index (χ0v) is 15.3. The number of benzene rings is 2. The summed E-state index contributed by atoms with van der Waals surface area (Å²) in [6, 6.07) is 11.4. The Morgan fingerprint density at radius 3 is 2.42 bits per heavy atom. The van der Waals surface area contributed by atoms with Crippen molar-refractivity contribution in [3.05, 3.63) is 53.1 Å². The molecule has 7 heteroatoms. The minimum absolute atomic E-state index is 0.271. The van der Waals surface area contributed by atoms with E-state index in [-0.39, 0.29) is 5.56 Å². The van der Waals surface area contributed by atoms with E-state index in [9.17, 15) is 9.59 Å². The van der Waals surface area contributed by atoms with Crippen molar-refractivity contribution in [2.75, 3.05) is 25.1 Å². The Balaban J connectivity index is 1.96. The summed E-state index contributed by atoms with van der Waals surface area (Å²) in [7, 11) is 0. The zero-order valence-electron chi connectivity index (χ0n) is 14.6. The average Bonchev–Trinajstić information content (AvgIpc) is 2.61. The minimum atomic E-state index is -0.629. The normalized spacial score (nSPS) is 10.1. The smallest absolute Gasteiger partial charge is 0.338 e. The van der Waals surface area contributed by atoms with E-state index in [1.54, 1.807) is 36.4 Å². The summed E-state index contributed by atoms with van der Waals surface area (Å²) >= 11 is 5.85. The van der Waals surface area contributed by atoms with Crippen LogP contribution in [0.15, 0.2) is 42.5 Å². The van der Waals surface area contributed by atoms with Crippen LogP contribution < -0.4 is 14.8 Å². The molecule has 0 spiro atoms. The van der Waals surface area contributed by atoms with E-state index in [0.717, 1.165) is 0 Å². The number of hydrogen-bond acceptors (Lipinski definition) is 5. The maximum atomic E-state index is 12.2. The van der Waals surface area contributed by atoms with Gasteiger partial charge in [0.2, 0.25) is 0 Å². The fraction of sp³-hybridized carbons (Fsp3) is 0.263. The molecule has 0 radical (unpaired) electrons. The number of carbonyl (C=O) groups excluding carboxylic acids is 2. The molecular formula is C19H20ClNO5. The molecule has 2 aromatic rings. The molecule has 0 aliphatic heterocycles. The summed E-state index contributed by atoms with van der Waals surface area (Å²) < 4.78 is 16.0. The fourth-order valence-corrected chi connectivity index (χ4v) is 2.35. The third kappa shape index (κ3) is 5.67. The lowest BCUT2D eigenvalue weighted by Crippen LogP contribution is -2.21. The Morgan fingerprint density at radius 1 is 1.00 bits per heavy atom. The van der Waals surface area contributed by atoms with Crippen molar-refractivity contribution in [2.45, 2.75) is 13.8 Å². The largest absolute Gasteiger partial charge is 0.490 e. The third-order valence-corrected chi connectivity index (χ3v) is 3.46. The maximum Gasteiger partial charge on any atom is 0.338 e. The van der Waals surface area contributed by atoms with Gasteiger partial charge in [0.1, 0.15) is 0 Å². The van der Waals surface area contributed by atoms with Gasteiger partial charge in [0.05, 0.1) is 18.8 Å². The quantitative estimate of drug-likeness (QED) is 0.705. The van der Waals surface area contributed by atoms with E-state index in [0.29, 0.717) is 35.4 Å². The summed E-state index contributed by atoms with van der Waals surface area (Å²) in [5, 5.41) is 3.10. The van der Waals surface area contributed by atoms with Crippen LogP contribution in [0.1, 0.15) is 24.2 Å². The second kappa shape index (κ2) is 9.68. The number of carbonyl (C=O) groups is 2. The van der Waals surface area contributed by atoms with E-state index in [2.05, 4.69) is 5.32 Å². The van der Waals surface area contributed by atoms with Crippen molar-refractivity contribution in [3.63, 3.8) is 0 Å². The summed E-state index contributed by atoms with van der Waals surface area (Å²) in [6.07, 6.45) is 0. The van der Waals surface area contributed by atoms with E-state index < -0.39 is 18.5 Å². The predicted octanol–water partition coefficient (Wildman–Crippen LogP) is 3.93. The Hall–Kier alpha value is -2.73. The second-order valence-electron chi connectivity index (χ2n) is 5.16. The van der Waals surface area contributed by atoms with Crippen LogP contribution in [0.25, 0.3) is 0 Å². The van der Waals surface area contributed by atoms with Gasteiger partial charge in [0.15, 0.2) is 18.1 Å². The molecule has 0 unspecified atom stereocenters. The van der Waals surface area contributed by atoms with E-state index >= 15 is 0 Å². The van der Waals surface area contributed by atoms with Crippen LogP contribution >= 0.6 is 11.6 Å². The van der Waals surface area contributed by atoms with E-state index in [4.69, 9.17) is 25.8 Å². The van der Waals surface area contributed by atoms with Gasteiger partial charge in [-0.25, -0.2) is 4.79 Å². The Labute approximate surface area is 157 Å². The van der Waals surface area contributed by atoms with Crippen molar-refractivity contribution in [3.8, 4) is 11.5 Å². The van der Waals surface area contributed by atoms with Crippen LogP contribution in [-0.4, -0.2) is 31.7 Å². The summed E-state index contributed by atoms with van der Waals surface area (Å²) in [6.45, 7) is 4.19. The molecule has 2 aromatic carbocycles. The lowest BCUT2D eigenvalue weighted by atomic mass is 10.2. The van der Waals surface area contributed by atoms with Crippen LogP contribution in [0.5, 0.6) is 11.5 Å². The highest BCUT2D eigenvalue weighted by Gasteiger charge is 2.14. The van der Waals surface area contributed by atoms with Crippen LogP contribution in [0.4, 0.5) is 5.69 Å². The minimum Gasteiger partial charge on any atom is -0.490 e. The number of hydrogen-bond donors (Lipinski definition) is 1. The molecular weight excluding hydrogens is 358 g/mol. The van der Waals surface area contributed by atoms with Gasteiger partial charge in [-0.1, -0.05) is 17.7 Å². The van der Waals surface area contributed by atoms with E-state index in [1.807, 2.05) is 13.8 Å². The van der Waals surface area contributed by atoms with Gasteiger partial charge in [-0.2, -0.15) is 0 Å². The monoisotopic (exact) mass is 377 g/mol. The van der Waals surface area contributed by atoms with Gasteiger partial charge in [-0.3, -0.25) is 4.79 Å². The summed E-state index contributed by atoms with van der Waals surface area (Å²) in [4.78, 5) is 24.1. The molecule has 0 aliphatic rings. The highest BCUT2D eigenvalue weighted by atomic mass is 35.5. The number of halogens is 1. The zero-order chi connectivity index (χ0) is 18.9.